The summed E-state index contributed by atoms with van der Waals surface area (Å²) in [5.74, 6) is -0.807. The van der Waals surface area contributed by atoms with Crippen LogP contribution in [0.1, 0.15) is 26.4 Å². The molecule has 0 radical (unpaired) electrons. The summed E-state index contributed by atoms with van der Waals surface area (Å²) in [6.45, 7) is 0. The van der Waals surface area contributed by atoms with Crippen molar-refractivity contribution in [3.63, 3.8) is 0 Å². The van der Waals surface area contributed by atoms with Gasteiger partial charge in [0, 0.05) is 35.5 Å². The first-order chi connectivity index (χ1) is 14.1. The SMILES string of the molecule is Cn1cc(Br)cc1C(=O)NNC(=O)c1ccc(Oc2ccc(C(F)(F)F)cn2)cc1. The molecule has 1 aromatic carbocycles. The maximum atomic E-state index is 12.5. The highest BCUT2D eigenvalue weighted by Gasteiger charge is 2.30. The number of pyridine rings is 1. The summed E-state index contributed by atoms with van der Waals surface area (Å²) < 4.78 is 45.3. The van der Waals surface area contributed by atoms with Gasteiger partial charge in [-0.05, 0) is 52.3 Å². The molecule has 3 aromatic rings. The van der Waals surface area contributed by atoms with E-state index in [1.54, 1.807) is 23.9 Å². The number of hydrazine groups is 1. The third-order valence-corrected chi connectivity index (χ3v) is 4.33. The van der Waals surface area contributed by atoms with Crippen LogP contribution in [0, 0.1) is 0 Å². The molecule has 0 spiro atoms. The van der Waals surface area contributed by atoms with Crippen LogP contribution in [0.4, 0.5) is 13.2 Å². The van der Waals surface area contributed by atoms with Crippen molar-refractivity contribution in [1.82, 2.24) is 20.4 Å². The fourth-order valence-corrected chi connectivity index (χ4v) is 2.93. The summed E-state index contributed by atoms with van der Waals surface area (Å²) in [5.41, 5.74) is 4.30. The number of benzene rings is 1. The molecule has 156 valence electrons. The van der Waals surface area contributed by atoms with Crippen LogP contribution in [0.15, 0.2) is 59.3 Å². The van der Waals surface area contributed by atoms with Crippen molar-refractivity contribution < 1.29 is 27.5 Å². The zero-order chi connectivity index (χ0) is 21.9. The minimum absolute atomic E-state index is 0.0267. The van der Waals surface area contributed by atoms with Gasteiger partial charge >= 0.3 is 6.18 Å². The van der Waals surface area contributed by atoms with Crippen LogP contribution in [-0.4, -0.2) is 21.4 Å². The van der Waals surface area contributed by atoms with Crippen LogP contribution < -0.4 is 15.6 Å². The van der Waals surface area contributed by atoms with Crippen molar-refractivity contribution in [2.24, 2.45) is 7.05 Å². The number of ether oxygens (including phenoxy) is 1. The molecule has 0 unspecified atom stereocenters. The van der Waals surface area contributed by atoms with Crippen LogP contribution in [0.3, 0.4) is 0 Å². The lowest BCUT2D eigenvalue weighted by Gasteiger charge is -2.09. The van der Waals surface area contributed by atoms with Gasteiger partial charge in [0.05, 0.1) is 5.56 Å². The van der Waals surface area contributed by atoms with Gasteiger partial charge in [-0.1, -0.05) is 0 Å². The van der Waals surface area contributed by atoms with Crippen LogP contribution in [0.25, 0.3) is 0 Å². The Bertz CT molecular complexity index is 1060. The van der Waals surface area contributed by atoms with Gasteiger partial charge in [-0.3, -0.25) is 20.4 Å². The number of aromatic nitrogens is 2. The second-order valence-electron chi connectivity index (χ2n) is 6.07. The highest BCUT2D eigenvalue weighted by molar-refractivity contribution is 9.10. The van der Waals surface area contributed by atoms with E-state index in [1.165, 1.54) is 24.3 Å². The topological polar surface area (TPSA) is 85.2 Å². The van der Waals surface area contributed by atoms with E-state index in [0.29, 0.717) is 11.9 Å². The first kappa shape index (κ1) is 21.4. The van der Waals surface area contributed by atoms with E-state index < -0.39 is 23.6 Å². The third-order valence-electron chi connectivity index (χ3n) is 3.90. The fourth-order valence-electron chi connectivity index (χ4n) is 2.40. The molecule has 11 heteroatoms. The number of hydrogen-bond acceptors (Lipinski definition) is 4. The first-order valence-electron chi connectivity index (χ1n) is 8.37. The number of rotatable bonds is 4. The van der Waals surface area contributed by atoms with Crippen molar-refractivity contribution in [2.45, 2.75) is 6.18 Å². The molecule has 2 N–H and O–H groups in total. The molecule has 7 nitrogen and oxygen atoms in total. The largest absolute Gasteiger partial charge is 0.439 e. The molecule has 0 atom stereocenters. The third kappa shape index (κ3) is 5.17. The van der Waals surface area contributed by atoms with E-state index in [2.05, 4.69) is 31.8 Å². The highest BCUT2D eigenvalue weighted by atomic mass is 79.9. The quantitative estimate of drug-likeness (QED) is 0.549. The van der Waals surface area contributed by atoms with Crippen molar-refractivity contribution in [2.75, 3.05) is 0 Å². The van der Waals surface area contributed by atoms with E-state index in [0.717, 1.165) is 16.6 Å². The zero-order valence-corrected chi connectivity index (χ0v) is 16.9. The molecule has 0 aliphatic carbocycles. The fraction of sp³-hybridized carbons (Fsp3) is 0.105. The summed E-state index contributed by atoms with van der Waals surface area (Å²) in [7, 11) is 1.69. The molecule has 30 heavy (non-hydrogen) atoms. The van der Waals surface area contributed by atoms with Crippen molar-refractivity contribution in [3.8, 4) is 11.6 Å². The molecule has 3 rings (SSSR count). The maximum Gasteiger partial charge on any atom is 0.417 e. The summed E-state index contributed by atoms with van der Waals surface area (Å²) in [5, 5.41) is 0. The van der Waals surface area contributed by atoms with Gasteiger partial charge in [-0.25, -0.2) is 4.98 Å². The molecular formula is C19H14BrF3N4O3. The number of nitrogens with zero attached hydrogens (tertiary/aromatic N) is 2. The Morgan fingerprint density at radius 3 is 2.27 bits per heavy atom. The number of alkyl halides is 3. The smallest absolute Gasteiger partial charge is 0.417 e. The number of hydrogen-bond donors (Lipinski definition) is 2. The van der Waals surface area contributed by atoms with Crippen molar-refractivity contribution in [1.29, 1.82) is 0 Å². The molecule has 2 heterocycles. The van der Waals surface area contributed by atoms with Gasteiger partial charge in [0.15, 0.2) is 0 Å². The Morgan fingerprint density at radius 2 is 1.73 bits per heavy atom. The number of aryl methyl sites for hydroxylation is 1. The Morgan fingerprint density at radius 1 is 1.07 bits per heavy atom. The molecule has 0 aliphatic heterocycles. The van der Waals surface area contributed by atoms with E-state index in [9.17, 15) is 22.8 Å². The Kier molecular flexibility index (Phi) is 6.11. The van der Waals surface area contributed by atoms with Crippen LogP contribution >= 0.6 is 15.9 Å². The molecule has 2 amide bonds. The molecule has 0 fully saturated rings. The number of carbonyl (C=O) groups excluding carboxylic acids is 2. The van der Waals surface area contributed by atoms with Crippen LogP contribution in [-0.2, 0) is 13.2 Å². The number of amides is 2. The average Bonchev–Trinajstić information content (AvgIpc) is 3.04. The van der Waals surface area contributed by atoms with E-state index >= 15 is 0 Å². The van der Waals surface area contributed by atoms with Crippen LogP contribution in [0.5, 0.6) is 11.6 Å². The minimum Gasteiger partial charge on any atom is -0.439 e. The number of carbonyl (C=O) groups is 2. The van der Waals surface area contributed by atoms with Gasteiger partial charge in [-0.2, -0.15) is 13.2 Å². The molecule has 0 aliphatic rings. The van der Waals surface area contributed by atoms with E-state index in [1.807, 2.05) is 0 Å². The lowest BCUT2D eigenvalue weighted by Crippen LogP contribution is -2.42. The number of halogens is 4. The number of nitrogens with one attached hydrogen (secondary N) is 2. The average molecular weight is 483 g/mol. The van der Waals surface area contributed by atoms with Gasteiger partial charge < -0.3 is 9.30 Å². The van der Waals surface area contributed by atoms with Gasteiger partial charge in [0.1, 0.15) is 11.4 Å². The summed E-state index contributed by atoms with van der Waals surface area (Å²) in [6.07, 6.45) is -2.11. The molecule has 2 aromatic heterocycles. The van der Waals surface area contributed by atoms with Gasteiger partial charge in [0.2, 0.25) is 5.88 Å². The maximum absolute atomic E-state index is 12.5. The molecular weight excluding hydrogens is 469 g/mol. The second-order valence-corrected chi connectivity index (χ2v) is 6.99. The lowest BCUT2D eigenvalue weighted by atomic mass is 10.2. The normalized spacial score (nSPS) is 11.1. The van der Waals surface area contributed by atoms with E-state index in [-0.39, 0.29) is 17.2 Å². The highest BCUT2D eigenvalue weighted by Crippen LogP contribution is 2.30. The molecule has 0 saturated carbocycles. The van der Waals surface area contributed by atoms with Crippen molar-refractivity contribution >= 4 is 27.7 Å². The van der Waals surface area contributed by atoms with E-state index in [4.69, 9.17) is 4.74 Å². The second kappa shape index (κ2) is 8.57. The minimum atomic E-state index is -4.48. The summed E-state index contributed by atoms with van der Waals surface area (Å²) in [4.78, 5) is 27.9. The molecule has 0 saturated heterocycles. The lowest BCUT2D eigenvalue weighted by molar-refractivity contribution is -0.137. The molecule has 0 bridgehead atoms. The first-order valence-corrected chi connectivity index (χ1v) is 9.16. The van der Waals surface area contributed by atoms with Gasteiger partial charge in [-0.15, -0.1) is 0 Å². The predicted octanol–water partition coefficient (Wildman–Crippen LogP) is 4.07. The zero-order valence-electron chi connectivity index (χ0n) is 15.3. The predicted molar refractivity (Wildman–Crippen MR) is 104 cm³/mol. The standard InChI is InChI=1S/C19H14BrF3N4O3/c1-27-10-13(20)8-15(27)18(29)26-25-17(28)11-2-5-14(6-3-11)30-16-7-4-12(9-24-16)19(21,22)23/h2-10H,1H3,(H,25,28)(H,26,29). The van der Waals surface area contributed by atoms with Crippen molar-refractivity contribution in [3.05, 3.63) is 76.2 Å². The Labute approximate surface area is 177 Å². The van der Waals surface area contributed by atoms with Gasteiger partial charge in [0.25, 0.3) is 11.8 Å². The monoisotopic (exact) mass is 482 g/mol. The summed E-state index contributed by atoms with van der Waals surface area (Å²) >= 11 is 3.26. The Balaban J connectivity index is 1.57. The Hall–Kier alpha value is -3.34. The van der Waals surface area contributed by atoms with Crippen LogP contribution in [0.2, 0.25) is 0 Å². The summed E-state index contributed by atoms with van der Waals surface area (Å²) in [6, 6.07) is 9.32.